The Balaban J connectivity index is 2.00. The van der Waals surface area contributed by atoms with Crippen LogP contribution < -0.4 is 5.32 Å². The third-order valence-electron chi connectivity index (χ3n) is 5.15. The van der Waals surface area contributed by atoms with Gasteiger partial charge in [0.1, 0.15) is 0 Å². The number of piperidine rings is 1. The minimum atomic E-state index is 0.757. The van der Waals surface area contributed by atoms with Crippen LogP contribution in [0.15, 0.2) is 0 Å². The van der Waals surface area contributed by atoms with Crippen LogP contribution in [-0.2, 0) is 0 Å². The highest BCUT2D eigenvalue weighted by Gasteiger charge is 2.34. The molecular weight excluding hydrogens is 208 g/mol. The second-order valence-electron chi connectivity index (χ2n) is 6.13. The third-order valence-corrected chi connectivity index (χ3v) is 5.15. The van der Waals surface area contributed by atoms with E-state index in [4.69, 9.17) is 0 Å². The average Bonchev–Trinajstić information content (AvgIpc) is 2.90. The zero-order valence-electron chi connectivity index (χ0n) is 11.9. The molecule has 1 N–H and O–H groups in total. The summed E-state index contributed by atoms with van der Waals surface area (Å²) in [6.07, 6.45) is 8.35. The number of rotatable bonds is 4. The summed E-state index contributed by atoms with van der Waals surface area (Å²) in [7, 11) is 0. The molecule has 0 aromatic rings. The van der Waals surface area contributed by atoms with Gasteiger partial charge in [0.25, 0.3) is 0 Å². The van der Waals surface area contributed by atoms with Crippen molar-refractivity contribution in [3.8, 4) is 0 Å². The van der Waals surface area contributed by atoms with Crippen molar-refractivity contribution in [2.24, 2.45) is 5.92 Å². The lowest BCUT2D eigenvalue weighted by Gasteiger charge is -2.44. The van der Waals surface area contributed by atoms with Crippen molar-refractivity contribution in [1.82, 2.24) is 10.2 Å². The van der Waals surface area contributed by atoms with Gasteiger partial charge in [0.2, 0.25) is 0 Å². The van der Waals surface area contributed by atoms with Crippen LogP contribution in [-0.4, -0.2) is 36.1 Å². The highest BCUT2D eigenvalue weighted by atomic mass is 15.2. The SMILES string of the molecule is CCC(C)C(C)N1CCCCC1C1CCCN1. The van der Waals surface area contributed by atoms with Crippen LogP contribution in [0.4, 0.5) is 0 Å². The van der Waals surface area contributed by atoms with Gasteiger partial charge >= 0.3 is 0 Å². The molecule has 17 heavy (non-hydrogen) atoms. The van der Waals surface area contributed by atoms with E-state index in [2.05, 4.69) is 31.0 Å². The molecule has 0 bridgehead atoms. The van der Waals surface area contributed by atoms with Crippen LogP contribution >= 0.6 is 0 Å². The standard InChI is InChI=1S/C15H30N2/c1-4-12(2)13(3)17-11-6-5-9-15(17)14-8-7-10-16-14/h12-16H,4-11H2,1-3H3. The molecule has 0 aliphatic carbocycles. The van der Waals surface area contributed by atoms with Crippen molar-refractivity contribution >= 4 is 0 Å². The Bertz CT molecular complexity index is 223. The quantitative estimate of drug-likeness (QED) is 0.810. The summed E-state index contributed by atoms with van der Waals surface area (Å²) in [5.41, 5.74) is 0. The van der Waals surface area contributed by atoms with Gasteiger partial charge in [-0.1, -0.05) is 26.7 Å². The molecule has 2 aliphatic heterocycles. The van der Waals surface area contributed by atoms with E-state index < -0.39 is 0 Å². The Labute approximate surface area is 107 Å². The van der Waals surface area contributed by atoms with E-state index in [0.29, 0.717) is 0 Å². The first-order chi connectivity index (χ1) is 8.24. The molecule has 2 heterocycles. The smallest absolute Gasteiger partial charge is 0.0252 e. The molecule has 2 rings (SSSR count). The van der Waals surface area contributed by atoms with Crippen LogP contribution in [0.1, 0.15) is 59.3 Å². The summed E-state index contributed by atoms with van der Waals surface area (Å²) < 4.78 is 0. The monoisotopic (exact) mass is 238 g/mol. The van der Waals surface area contributed by atoms with Gasteiger partial charge in [-0.15, -0.1) is 0 Å². The maximum atomic E-state index is 3.73. The van der Waals surface area contributed by atoms with Crippen LogP contribution in [0.25, 0.3) is 0 Å². The topological polar surface area (TPSA) is 15.3 Å². The number of likely N-dealkylation sites (tertiary alicyclic amines) is 1. The molecule has 2 aliphatic rings. The maximum Gasteiger partial charge on any atom is 0.0252 e. The van der Waals surface area contributed by atoms with Gasteiger partial charge < -0.3 is 5.32 Å². The van der Waals surface area contributed by atoms with Crippen LogP contribution in [0.3, 0.4) is 0 Å². The van der Waals surface area contributed by atoms with Crippen molar-refractivity contribution in [2.45, 2.75) is 77.4 Å². The maximum absolute atomic E-state index is 3.73. The summed E-state index contributed by atoms with van der Waals surface area (Å²) in [5, 5.41) is 3.73. The predicted octanol–water partition coefficient (Wildman–Crippen LogP) is 3.03. The van der Waals surface area contributed by atoms with Gasteiger partial charge in [-0.3, -0.25) is 4.90 Å². The van der Waals surface area contributed by atoms with E-state index in [0.717, 1.165) is 24.0 Å². The first kappa shape index (κ1) is 13.4. The third kappa shape index (κ3) is 3.03. The fraction of sp³-hybridized carbons (Fsp3) is 1.00. The number of hydrogen-bond acceptors (Lipinski definition) is 2. The van der Waals surface area contributed by atoms with Crippen molar-refractivity contribution in [3.63, 3.8) is 0 Å². The lowest BCUT2D eigenvalue weighted by molar-refractivity contribution is 0.0553. The Morgan fingerprint density at radius 2 is 2.00 bits per heavy atom. The number of hydrogen-bond donors (Lipinski definition) is 1. The van der Waals surface area contributed by atoms with E-state index in [1.54, 1.807) is 0 Å². The van der Waals surface area contributed by atoms with E-state index in [-0.39, 0.29) is 0 Å². The van der Waals surface area contributed by atoms with Crippen LogP contribution in [0.2, 0.25) is 0 Å². The molecule has 0 spiro atoms. The van der Waals surface area contributed by atoms with E-state index in [9.17, 15) is 0 Å². The van der Waals surface area contributed by atoms with E-state index >= 15 is 0 Å². The van der Waals surface area contributed by atoms with Crippen molar-refractivity contribution in [2.75, 3.05) is 13.1 Å². The Kier molecular flexibility index (Phi) is 4.87. The highest BCUT2D eigenvalue weighted by molar-refractivity contribution is 4.93. The summed E-state index contributed by atoms with van der Waals surface area (Å²) in [6, 6.07) is 2.35. The van der Waals surface area contributed by atoms with Crippen LogP contribution in [0, 0.1) is 5.92 Å². The van der Waals surface area contributed by atoms with Gasteiger partial charge in [-0.05, 0) is 51.6 Å². The van der Waals surface area contributed by atoms with Gasteiger partial charge in [0.15, 0.2) is 0 Å². The molecule has 0 saturated carbocycles. The first-order valence-electron chi connectivity index (χ1n) is 7.73. The van der Waals surface area contributed by atoms with Crippen LogP contribution in [0.5, 0.6) is 0 Å². The lowest BCUT2D eigenvalue weighted by atomic mass is 9.89. The van der Waals surface area contributed by atoms with Crippen molar-refractivity contribution in [1.29, 1.82) is 0 Å². The van der Waals surface area contributed by atoms with E-state index in [1.165, 1.54) is 51.6 Å². The Morgan fingerprint density at radius 3 is 2.65 bits per heavy atom. The molecule has 2 nitrogen and oxygen atoms in total. The molecule has 4 unspecified atom stereocenters. The molecule has 100 valence electrons. The van der Waals surface area contributed by atoms with Gasteiger partial charge in [0.05, 0.1) is 0 Å². The second kappa shape index (κ2) is 6.19. The molecule has 2 heteroatoms. The molecule has 4 atom stereocenters. The lowest BCUT2D eigenvalue weighted by Crippen LogP contribution is -2.54. The molecule has 0 amide bonds. The summed E-state index contributed by atoms with van der Waals surface area (Å²) >= 11 is 0. The Morgan fingerprint density at radius 1 is 1.18 bits per heavy atom. The molecule has 0 radical (unpaired) electrons. The normalized spacial score (nSPS) is 34.8. The fourth-order valence-corrected chi connectivity index (χ4v) is 3.63. The van der Waals surface area contributed by atoms with Crippen molar-refractivity contribution in [3.05, 3.63) is 0 Å². The minimum absolute atomic E-state index is 0.757. The molecule has 0 aromatic carbocycles. The van der Waals surface area contributed by atoms with Crippen molar-refractivity contribution < 1.29 is 0 Å². The molecule has 0 aromatic heterocycles. The predicted molar refractivity (Wildman–Crippen MR) is 74.3 cm³/mol. The molecule has 2 saturated heterocycles. The first-order valence-corrected chi connectivity index (χ1v) is 7.73. The second-order valence-corrected chi connectivity index (χ2v) is 6.13. The number of nitrogens with one attached hydrogen (secondary N) is 1. The number of nitrogens with zero attached hydrogens (tertiary/aromatic N) is 1. The zero-order valence-corrected chi connectivity index (χ0v) is 11.9. The molecular formula is C15H30N2. The largest absolute Gasteiger partial charge is 0.312 e. The highest BCUT2D eigenvalue weighted by Crippen LogP contribution is 2.28. The summed E-state index contributed by atoms with van der Waals surface area (Å²) in [5.74, 6) is 0.831. The zero-order chi connectivity index (χ0) is 12.3. The minimum Gasteiger partial charge on any atom is -0.312 e. The Hall–Kier alpha value is -0.0800. The summed E-state index contributed by atoms with van der Waals surface area (Å²) in [4.78, 5) is 2.82. The van der Waals surface area contributed by atoms with Gasteiger partial charge in [-0.2, -0.15) is 0 Å². The van der Waals surface area contributed by atoms with Gasteiger partial charge in [-0.25, -0.2) is 0 Å². The van der Waals surface area contributed by atoms with Gasteiger partial charge in [0, 0.05) is 18.1 Å². The fourth-order valence-electron chi connectivity index (χ4n) is 3.63. The molecule has 2 fully saturated rings. The average molecular weight is 238 g/mol. The summed E-state index contributed by atoms with van der Waals surface area (Å²) in [6.45, 7) is 9.76. The van der Waals surface area contributed by atoms with E-state index in [1.807, 2.05) is 0 Å².